The maximum absolute atomic E-state index is 10.8. The summed E-state index contributed by atoms with van der Waals surface area (Å²) in [6.45, 7) is 5.19. The molecule has 1 atom stereocenters. The van der Waals surface area contributed by atoms with Gasteiger partial charge in [0, 0.05) is 6.54 Å². The van der Waals surface area contributed by atoms with Crippen molar-refractivity contribution in [1.82, 2.24) is 10.6 Å². The Balaban J connectivity index is 3.69. The Kier molecular flexibility index (Phi) is 5.12. The molecule has 0 unspecified atom stereocenters. The molecular weight excluding hydrogens is 180 g/mol. The fourth-order valence-corrected chi connectivity index (χ4v) is 0.475. The minimum absolute atomic E-state index is 0.315. The van der Waals surface area contributed by atoms with Crippen LogP contribution in [0.15, 0.2) is 12.7 Å². The van der Waals surface area contributed by atoms with E-state index in [1.54, 1.807) is 0 Å². The summed E-state index contributed by atoms with van der Waals surface area (Å²) in [7, 11) is 0. The van der Waals surface area contributed by atoms with E-state index in [1.165, 1.54) is 13.0 Å². The first-order valence-electron chi connectivity index (χ1n) is 3.41. The molecule has 0 aromatic rings. The van der Waals surface area contributed by atoms with Crippen LogP contribution in [0.3, 0.4) is 0 Å². The average Bonchev–Trinajstić information content (AvgIpc) is 2.00. The summed E-state index contributed by atoms with van der Waals surface area (Å²) < 4.78 is 0. The molecule has 0 rings (SSSR count). The lowest BCUT2D eigenvalue weighted by atomic mass is 10.4. The molecule has 0 spiro atoms. The molecule has 0 radical (unpaired) electrons. The fourth-order valence-electron chi connectivity index (χ4n) is 0.420. The third kappa shape index (κ3) is 4.73. The molecule has 0 saturated carbocycles. The summed E-state index contributed by atoms with van der Waals surface area (Å²) in [5.41, 5.74) is 0. The number of rotatable bonds is 3. The van der Waals surface area contributed by atoms with E-state index < -0.39 is 17.3 Å². The number of amides is 3. The second-order valence-electron chi connectivity index (χ2n) is 2.10. The minimum atomic E-state index is -0.709. The SMILES string of the molecule is C=CCNC(=O)NC(=O)[C@@H](C)Cl. The largest absolute Gasteiger partial charge is 0.334 e. The van der Waals surface area contributed by atoms with Crippen molar-refractivity contribution < 1.29 is 9.59 Å². The van der Waals surface area contributed by atoms with E-state index in [9.17, 15) is 9.59 Å². The molecule has 0 fully saturated rings. The van der Waals surface area contributed by atoms with Crippen molar-refractivity contribution in [2.24, 2.45) is 0 Å². The predicted molar refractivity (Wildman–Crippen MR) is 47.1 cm³/mol. The summed E-state index contributed by atoms with van der Waals surface area (Å²) >= 11 is 5.39. The van der Waals surface area contributed by atoms with E-state index in [0.717, 1.165) is 0 Å². The lowest BCUT2D eigenvalue weighted by Gasteiger charge is -2.04. The van der Waals surface area contributed by atoms with Crippen LogP contribution in [-0.4, -0.2) is 23.9 Å². The highest BCUT2D eigenvalue weighted by molar-refractivity contribution is 6.31. The second kappa shape index (κ2) is 5.60. The van der Waals surface area contributed by atoms with E-state index in [-0.39, 0.29) is 0 Å². The van der Waals surface area contributed by atoms with Gasteiger partial charge in [-0.2, -0.15) is 0 Å². The molecule has 12 heavy (non-hydrogen) atoms. The topological polar surface area (TPSA) is 58.2 Å². The zero-order valence-corrected chi connectivity index (χ0v) is 7.52. The molecule has 0 aliphatic rings. The van der Waals surface area contributed by atoms with E-state index >= 15 is 0 Å². The highest BCUT2D eigenvalue weighted by Gasteiger charge is 2.11. The van der Waals surface area contributed by atoms with Crippen LogP contribution in [0.4, 0.5) is 4.79 Å². The average molecular weight is 191 g/mol. The van der Waals surface area contributed by atoms with Gasteiger partial charge < -0.3 is 5.32 Å². The third-order valence-corrected chi connectivity index (χ3v) is 1.20. The van der Waals surface area contributed by atoms with Crippen molar-refractivity contribution in [2.75, 3.05) is 6.54 Å². The zero-order chi connectivity index (χ0) is 9.56. The van der Waals surface area contributed by atoms with Crippen LogP contribution in [0.5, 0.6) is 0 Å². The number of hydrogen-bond acceptors (Lipinski definition) is 2. The molecule has 0 heterocycles. The highest BCUT2D eigenvalue weighted by Crippen LogP contribution is 1.91. The summed E-state index contributed by atoms with van der Waals surface area (Å²) in [6.07, 6.45) is 1.51. The number of carbonyl (C=O) groups is 2. The van der Waals surface area contributed by atoms with Crippen LogP contribution in [0.1, 0.15) is 6.92 Å². The van der Waals surface area contributed by atoms with Gasteiger partial charge in [-0.1, -0.05) is 6.08 Å². The van der Waals surface area contributed by atoms with E-state index in [2.05, 4.69) is 11.9 Å². The molecule has 2 N–H and O–H groups in total. The van der Waals surface area contributed by atoms with Gasteiger partial charge in [0.15, 0.2) is 0 Å². The molecular formula is C7H11ClN2O2. The smallest absolute Gasteiger partial charge is 0.321 e. The first-order valence-corrected chi connectivity index (χ1v) is 3.85. The Morgan fingerprint density at radius 2 is 2.25 bits per heavy atom. The summed E-state index contributed by atoms with van der Waals surface area (Å²) in [4.78, 5) is 21.6. The first kappa shape index (κ1) is 11.0. The molecule has 0 aromatic carbocycles. The molecule has 0 aliphatic carbocycles. The zero-order valence-electron chi connectivity index (χ0n) is 6.76. The molecule has 0 aliphatic heterocycles. The van der Waals surface area contributed by atoms with Gasteiger partial charge >= 0.3 is 6.03 Å². The number of urea groups is 1. The normalized spacial score (nSPS) is 11.5. The maximum atomic E-state index is 10.8. The predicted octanol–water partition coefficient (Wildman–Crippen LogP) is 0.625. The van der Waals surface area contributed by atoms with Crippen molar-refractivity contribution in [2.45, 2.75) is 12.3 Å². The van der Waals surface area contributed by atoms with E-state index in [0.29, 0.717) is 6.54 Å². The van der Waals surface area contributed by atoms with Gasteiger partial charge in [0.1, 0.15) is 5.38 Å². The highest BCUT2D eigenvalue weighted by atomic mass is 35.5. The quantitative estimate of drug-likeness (QED) is 0.507. The number of carbonyl (C=O) groups excluding carboxylic acids is 2. The molecule has 3 amide bonds. The van der Waals surface area contributed by atoms with Crippen LogP contribution < -0.4 is 10.6 Å². The van der Waals surface area contributed by atoms with Crippen LogP contribution in [0.25, 0.3) is 0 Å². The molecule has 5 heteroatoms. The Morgan fingerprint density at radius 1 is 1.67 bits per heavy atom. The van der Waals surface area contributed by atoms with Gasteiger partial charge in [0.25, 0.3) is 0 Å². The molecule has 0 aromatic heterocycles. The van der Waals surface area contributed by atoms with Gasteiger partial charge in [-0.3, -0.25) is 10.1 Å². The standard InChI is InChI=1S/C7H11ClN2O2/c1-3-4-9-7(12)10-6(11)5(2)8/h3,5H,1,4H2,2H3,(H2,9,10,11,12)/t5-/m1/s1. The number of imide groups is 1. The Hall–Kier alpha value is -1.03. The number of halogens is 1. The van der Waals surface area contributed by atoms with Crippen LogP contribution >= 0.6 is 11.6 Å². The van der Waals surface area contributed by atoms with E-state index in [4.69, 9.17) is 11.6 Å². The number of hydrogen-bond donors (Lipinski definition) is 2. The fraction of sp³-hybridized carbons (Fsp3) is 0.429. The molecule has 68 valence electrons. The van der Waals surface area contributed by atoms with Crippen molar-refractivity contribution in [3.63, 3.8) is 0 Å². The summed E-state index contributed by atoms with van der Waals surface area (Å²) in [6, 6.07) is -0.563. The van der Waals surface area contributed by atoms with Gasteiger partial charge in [-0.15, -0.1) is 18.2 Å². The molecule has 0 bridgehead atoms. The Morgan fingerprint density at radius 3 is 2.67 bits per heavy atom. The van der Waals surface area contributed by atoms with Gasteiger partial charge in [-0.05, 0) is 6.92 Å². The lowest BCUT2D eigenvalue weighted by molar-refractivity contribution is -0.119. The lowest BCUT2D eigenvalue weighted by Crippen LogP contribution is -2.42. The summed E-state index contributed by atoms with van der Waals surface area (Å²) in [5.74, 6) is -0.516. The maximum Gasteiger partial charge on any atom is 0.321 e. The van der Waals surface area contributed by atoms with Crippen LogP contribution in [0, 0.1) is 0 Å². The Bertz CT molecular complexity index is 192. The first-order chi connectivity index (χ1) is 5.57. The van der Waals surface area contributed by atoms with Crippen molar-refractivity contribution in [1.29, 1.82) is 0 Å². The van der Waals surface area contributed by atoms with E-state index in [1.807, 2.05) is 5.32 Å². The number of nitrogens with one attached hydrogen (secondary N) is 2. The van der Waals surface area contributed by atoms with Crippen LogP contribution in [0.2, 0.25) is 0 Å². The number of alkyl halides is 1. The second-order valence-corrected chi connectivity index (χ2v) is 2.76. The van der Waals surface area contributed by atoms with Gasteiger partial charge in [0.05, 0.1) is 0 Å². The minimum Gasteiger partial charge on any atom is -0.334 e. The summed E-state index contributed by atoms with van der Waals surface area (Å²) in [5, 5.41) is 3.71. The monoisotopic (exact) mass is 190 g/mol. The molecule has 4 nitrogen and oxygen atoms in total. The van der Waals surface area contributed by atoms with Gasteiger partial charge in [0.2, 0.25) is 5.91 Å². The Labute approximate surface area is 76.0 Å². The van der Waals surface area contributed by atoms with Crippen molar-refractivity contribution >= 4 is 23.5 Å². The van der Waals surface area contributed by atoms with Crippen LogP contribution in [-0.2, 0) is 4.79 Å². The van der Waals surface area contributed by atoms with Crippen molar-refractivity contribution in [3.8, 4) is 0 Å². The third-order valence-electron chi connectivity index (χ3n) is 1.00. The molecule has 0 saturated heterocycles. The van der Waals surface area contributed by atoms with Gasteiger partial charge in [-0.25, -0.2) is 4.79 Å². The van der Waals surface area contributed by atoms with Crippen molar-refractivity contribution in [3.05, 3.63) is 12.7 Å².